The highest BCUT2D eigenvalue weighted by atomic mass is 35.5. The SMILES string of the molecule is CC(C)CCOc1ncc(C(=O)N[C@@H]2CCCC[C@H]2O)cc1-c1ccc(Cl)cc1. The Morgan fingerprint density at radius 1 is 1.28 bits per heavy atom. The maximum absolute atomic E-state index is 12.8. The first kappa shape index (κ1) is 21.6. The number of benzene rings is 1. The Morgan fingerprint density at radius 3 is 2.69 bits per heavy atom. The van der Waals surface area contributed by atoms with Crippen molar-refractivity contribution >= 4 is 17.5 Å². The van der Waals surface area contributed by atoms with Crippen LogP contribution in [-0.2, 0) is 0 Å². The van der Waals surface area contributed by atoms with Crippen molar-refractivity contribution in [1.82, 2.24) is 10.3 Å². The summed E-state index contributed by atoms with van der Waals surface area (Å²) in [5.74, 6) is 0.801. The maximum Gasteiger partial charge on any atom is 0.253 e. The number of hydrogen-bond acceptors (Lipinski definition) is 4. The lowest BCUT2D eigenvalue weighted by Gasteiger charge is -2.28. The molecule has 1 amide bonds. The van der Waals surface area contributed by atoms with Gasteiger partial charge < -0.3 is 15.2 Å². The summed E-state index contributed by atoms with van der Waals surface area (Å²) in [5.41, 5.74) is 2.08. The number of rotatable bonds is 7. The molecule has 3 rings (SSSR count). The second-order valence-electron chi connectivity index (χ2n) is 8.05. The highest BCUT2D eigenvalue weighted by Crippen LogP contribution is 2.30. The summed E-state index contributed by atoms with van der Waals surface area (Å²) >= 11 is 6.03. The molecule has 156 valence electrons. The smallest absolute Gasteiger partial charge is 0.253 e. The number of aliphatic hydroxyl groups excluding tert-OH is 1. The van der Waals surface area contributed by atoms with Gasteiger partial charge in [-0.25, -0.2) is 4.98 Å². The van der Waals surface area contributed by atoms with Crippen molar-refractivity contribution in [1.29, 1.82) is 0 Å². The number of carbonyl (C=O) groups excluding carboxylic acids is 1. The fourth-order valence-corrected chi connectivity index (χ4v) is 3.58. The first-order valence-corrected chi connectivity index (χ1v) is 10.7. The van der Waals surface area contributed by atoms with Crippen LogP contribution in [0.2, 0.25) is 5.02 Å². The molecule has 0 radical (unpaired) electrons. The number of aromatic nitrogens is 1. The van der Waals surface area contributed by atoms with E-state index in [1.807, 2.05) is 12.1 Å². The maximum atomic E-state index is 12.8. The first-order chi connectivity index (χ1) is 13.9. The van der Waals surface area contributed by atoms with E-state index in [0.29, 0.717) is 29.0 Å². The minimum absolute atomic E-state index is 0.211. The van der Waals surface area contributed by atoms with Crippen LogP contribution < -0.4 is 10.1 Å². The molecule has 1 aromatic heterocycles. The van der Waals surface area contributed by atoms with E-state index in [-0.39, 0.29) is 11.9 Å². The molecule has 1 heterocycles. The van der Waals surface area contributed by atoms with Crippen LogP contribution in [0.5, 0.6) is 5.88 Å². The largest absolute Gasteiger partial charge is 0.477 e. The fourth-order valence-electron chi connectivity index (χ4n) is 3.45. The molecule has 29 heavy (non-hydrogen) atoms. The average Bonchev–Trinajstić information content (AvgIpc) is 2.70. The van der Waals surface area contributed by atoms with Crippen molar-refractivity contribution in [2.24, 2.45) is 5.92 Å². The molecule has 2 aromatic rings. The minimum Gasteiger partial charge on any atom is -0.477 e. The van der Waals surface area contributed by atoms with E-state index in [9.17, 15) is 9.90 Å². The van der Waals surface area contributed by atoms with Gasteiger partial charge in [0.25, 0.3) is 5.91 Å². The summed E-state index contributed by atoms with van der Waals surface area (Å²) in [4.78, 5) is 17.2. The van der Waals surface area contributed by atoms with Crippen LogP contribution in [0.1, 0.15) is 56.3 Å². The minimum atomic E-state index is -0.491. The van der Waals surface area contributed by atoms with Gasteiger partial charge in [-0.15, -0.1) is 0 Å². The van der Waals surface area contributed by atoms with E-state index < -0.39 is 6.10 Å². The van der Waals surface area contributed by atoms with Gasteiger partial charge in [0.15, 0.2) is 0 Å². The molecule has 1 aliphatic carbocycles. The average molecular weight is 417 g/mol. The molecule has 1 aromatic carbocycles. The van der Waals surface area contributed by atoms with Gasteiger partial charge in [-0.2, -0.15) is 0 Å². The van der Waals surface area contributed by atoms with E-state index in [1.54, 1.807) is 18.2 Å². The standard InChI is InChI=1S/C23H29ClN2O3/c1-15(2)11-12-29-23-19(16-7-9-18(24)10-8-16)13-17(14-25-23)22(28)26-20-5-3-4-6-21(20)27/h7-10,13-15,20-21,27H,3-6,11-12H2,1-2H3,(H,26,28)/t20-,21-/m1/s1. The number of carbonyl (C=O) groups is 1. The van der Waals surface area contributed by atoms with Crippen LogP contribution >= 0.6 is 11.6 Å². The summed E-state index contributed by atoms with van der Waals surface area (Å²) < 4.78 is 5.92. The molecule has 6 heteroatoms. The predicted molar refractivity (Wildman–Crippen MR) is 115 cm³/mol. The van der Waals surface area contributed by atoms with Crippen molar-refractivity contribution in [3.8, 4) is 17.0 Å². The number of pyridine rings is 1. The normalized spacial score (nSPS) is 19.2. The molecule has 2 N–H and O–H groups in total. The zero-order valence-electron chi connectivity index (χ0n) is 17.0. The van der Waals surface area contributed by atoms with Gasteiger partial charge in [0, 0.05) is 16.8 Å². The van der Waals surface area contributed by atoms with Crippen molar-refractivity contribution in [2.75, 3.05) is 6.61 Å². The number of halogens is 1. The lowest BCUT2D eigenvalue weighted by molar-refractivity contribution is 0.0717. The van der Waals surface area contributed by atoms with E-state index in [1.165, 1.54) is 6.20 Å². The van der Waals surface area contributed by atoms with Crippen LogP contribution in [0, 0.1) is 5.92 Å². The predicted octanol–water partition coefficient (Wildman–Crippen LogP) is 4.86. The molecule has 0 bridgehead atoms. The van der Waals surface area contributed by atoms with Crippen LogP contribution in [-0.4, -0.2) is 34.8 Å². The molecule has 5 nitrogen and oxygen atoms in total. The first-order valence-electron chi connectivity index (χ1n) is 10.3. The highest BCUT2D eigenvalue weighted by Gasteiger charge is 2.25. The van der Waals surface area contributed by atoms with Gasteiger partial charge in [-0.05, 0) is 48.9 Å². The van der Waals surface area contributed by atoms with Gasteiger partial charge in [0.2, 0.25) is 5.88 Å². The Hall–Kier alpha value is -2.11. The quantitative estimate of drug-likeness (QED) is 0.676. The zero-order chi connectivity index (χ0) is 20.8. The van der Waals surface area contributed by atoms with E-state index >= 15 is 0 Å². The summed E-state index contributed by atoms with van der Waals surface area (Å²) in [7, 11) is 0. The van der Waals surface area contributed by atoms with Crippen molar-refractivity contribution < 1.29 is 14.6 Å². The molecular formula is C23H29ClN2O3. The number of hydrogen-bond donors (Lipinski definition) is 2. The van der Waals surface area contributed by atoms with Gasteiger partial charge in [0.1, 0.15) is 0 Å². The Balaban J connectivity index is 1.83. The van der Waals surface area contributed by atoms with Gasteiger partial charge in [0.05, 0.1) is 24.3 Å². The summed E-state index contributed by atoms with van der Waals surface area (Å²) in [6, 6.07) is 8.98. The number of nitrogens with zero attached hydrogens (tertiary/aromatic N) is 1. The third kappa shape index (κ3) is 5.94. The topological polar surface area (TPSA) is 71.5 Å². The Morgan fingerprint density at radius 2 is 2.00 bits per heavy atom. The van der Waals surface area contributed by atoms with Crippen LogP contribution in [0.25, 0.3) is 11.1 Å². The molecule has 1 aliphatic rings. The van der Waals surface area contributed by atoms with Crippen molar-refractivity contribution in [2.45, 2.75) is 58.1 Å². The Kier molecular flexibility index (Phi) is 7.51. The molecule has 2 atom stereocenters. The van der Waals surface area contributed by atoms with E-state index in [0.717, 1.165) is 43.2 Å². The summed E-state index contributed by atoms with van der Waals surface area (Å²) in [6.07, 6.45) is 5.49. The van der Waals surface area contributed by atoms with Crippen molar-refractivity contribution in [3.05, 3.63) is 47.1 Å². The summed E-state index contributed by atoms with van der Waals surface area (Å²) in [6.45, 7) is 4.85. The number of nitrogens with one attached hydrogen (secondary N) is 1. The lowest BCUT2D eigenvalue weighted by Crippen LogP contribution is -2.45. The second kappa shape index (κ2) is 10.1. The lowest BCUT2D eigenvalue weighted by atomic mass is 9.92. The summed E-state index contributed by atoms with van der Waals surface area (Å²) in [5, 5.41) is 13.7. The third-order valence-electron chi connectivity index (χ3n) is 5.25. The van der Waals surface area contributed by atoms with Gasteiger partial charge in [-0.1, -0.05) is 50.4 Å². The molecule has 0 unspecified atom stereocenters. The highest BCUT2D eigenvalue weighted by molar-refractivity contribution is 6.30. The van der Waals surface area contributed by atoms with Crippen LogP contribution in [0.3, 0.4) is 0 Å². The van der Waals surface area contributed by atoms with Crippen LogP contribution in [0.4, 0.5) is 0 Å². The van der Waals surface area contributed by atoms with Gasteiger partial charge >= 0.3 is 0 Å². The van der Waals surface area contributed by atoms with E-state index in [4.69, 9.17) is 16.3 Å². The number of ether oxygens (including phenoxy) is 1. The second-order valence-corrected chi connectivity index (χ2v) is 8.48. The number of aliphatic hydroxyl groups is 1. The Labute approximate surface area is 177 Å². The number of amides is 1. The molecule has 0 saturated heterocycles. The fraction of sp³-hybridized carbons (Fsp3) is 0.478. The molecule has 1 fully saturated rings. The molecule has 0 spiro atoms. The third-order valence-corrected chi connectivity index (χ3v) is 5.50. The van der Waals surface area contributed by atoms with Gasteiger partial charge in [-0.3, -0.25) is 4.79 Å². The van der Waals surface area contributed by atoms with Crippen LogP contribution in [0.15, 0.2) is 36.5 Å². The monoisotopic (exact) mass is 416 g/mol. The van der Waals surface area contributed by atoms with Crippen molar-refractivity contribution in [3.63, 3.8) is 0 Å². The molecule has 0 aliphatic heterocycles. The zero-order valence-corrected chi connectivity index (χ0v) is 17.8. The molecule has 1 saturated carbocycles. The molecular weight excluding hydrogens is 388 g/mol. The Bertz CT molecular complexity index is 823. The van der Waals surface area contributed by atoms with E-state index in [2.05, 4.69) is 24.1 Å².